The maximum atomic E-state index is 12.9. The third-order valence-corrected chi connectivity index (χ3v) is 4.46. The minimum atomic E-state index is -4.22. The lowest BCUT2D eigenvalue weighted by atomic mass is 9.87. The predicted octanol–water partition coefficient (Wildman–Crippen LogP) is 5.12. The molecular weight excluding hydrogens is 359 g/mol. The Hall–Kier alpha value is -2.96. The number of halogens is 3. The number of alkyl halides is 3. The fourth-order valence-corrected chi connectivity index (χ4v) is 3.07. The van der Waals surface area contributed by atoms with Crippen LogP contribution in [-0.4, -0.2) is 21.8 Å². The molecule has 2 heterocycles. The zero-order chi connectivity index (χ0) is 19.4. The number of aromatic carboxylic acids is 1. The molecule has 0 aliphatic heterocycles. The molecule has 142 valence electrons. The van der Waals surface area contributed by atoms with Crippen molar-refractivity contribution in [1.29, 1.82) is 0 Å². The predicted molar refractivity (Wildman–Crippen MR) is 93.0 cm³/mol. The second-order valence-corrected chi connectivity index (χ2v) is 6.24. The molecule has 1 aliphatic rings. The number of furan rings is 1. The molecule has 27 heavy (non-hydrogen) atoms. The Kier molecular flexibility index (Phi) is 5.39. The van der Waals surface area contributed by atoms with Gasteiger partial charge in [-0.15, -0.1) is 0 Å². The topological polar surface area (TPSA) is 55.4 Å². The third-order valence-electron chi connectivity index (χ3n) is 4.46. The average molecular weight is 377 g/mol. The van der Waals surface area contributed by atoms with Crippen LogP contribution < -0.4 is 0 Å². The molecule has 4 rings (SSSR count). The van der Waals surface area contributed by atoms with Gasteiger partial charge < -0.3 is 9.52 Å². The Morgan fingerprint density at radius 2 is 1.70 bits per heavy atom. The molecule has 1 aliphatic carbocycles. The smallest absolute Gasteiger partial charge is 0.392 e. The van der Waals surface area contributed by atoms with E-state index in [0.717, 1.165) is 5.56 Å². The van der Waals surface area contributed by atoms with Gasteiger partial charge in [-0.25, -0.2) is 4.79 Å². The lowest BCUT2D eigenvalue weighted by molar-refractivity contribution is -0.177. The highest BCUT2D eigenvalue weighted by atomic mass is 19.4. The molecule has 0 saturated heterocycles. The van der Waals surface area contributed by atoms with Crippen LogP contribution >= 0.6 is 0 Å². The Morgan fingerprint density at radius 3 is 2.22 bits per heavy atom. The summed E-state index contributed by atoms with van der Waals surface area (Å²) < 4.78 is 45.3. The second-order valence-electron chi connectivity index (χ2n) is 6.24. The molecule has 0 bridgehead atoms. The number of fused-ring (bicyclic) bond motifs is 1. The summed E-state index contributed by atoms with van der Waals surface area (Å²) >= 11 is 0. The van der Waals surface area contributed by atoms with E-state index < -0.39 is 18.1 Å². The maximum absolute atomic E-state index is 12.9. The number of hydrogen-bond donors (Lipinski definition) is 1. The van der Waals surface area contributed by atoms with Crippen molar-refractivity contribution in [3.05, 3.63) is 77.8 Å². The Labute approximate surface area is 153 Å². The van der Waals surface area contributed by atoms with E-state index in [4.69, 9.17) is 9.52 Å². The molecule has 0 spiro atoms. The van der Waals surface area contributed by atoms with Crippen molar-refractivity contribution < 1.29 is 27.5 Å². The zero-order valence-corrected chi connectivity index (χ0v) is 14.3. The molecule has 0 amide bonds. The zero-order valence-electron chi connectivity index (χ0n) is 14.3. The van der Waals surface area contributed by atoms with Crippen molar-refractivity contribution in [1.82, 2.24) is 4.57 Å². The molecule has 0 radical (unpaired) electrons. The molecule has 0 fully saturated rings. The number of carboxylic acids is 1. The molecule has 1 N–H and O–H groups in total. The van der Waals surface area contributed by atoms with Gasteiger partial charge in [0.05, 0.1) is 5.92 Å². The van der Waals surface area contributed by atoms with Gasteiger partial charge in [-0.2, -0.15) is 13.2 Å². The van der Waals surface area contributed by atoms with E-state index in [2.05, 4.69) is 0 Å². The summed E-state index contributed by atoms with van der Waals surface area (Å²) in [5.74, 6) is -2.60. The molecule has 1 atom stereocenters. The SMILES string of the molecule is O=C(O)c1ccc(-n2ccc3c2CC(C(F)(F)F)CC3)o1.c1ccccc1. The van der Waals surface area contributed by atoms with Crippen molar-refractivity contribution in [3.63, 3.8) is 0 Å². The third kappa shape index (κ3) is 4.42. The van der Waals surface area contributed by atoms with Crippen molar-refractivity contribution in [2.45, 2.75) is 25.4 Å². The minimum Gasteiger partial charge on any atom is -0.475 e. The van der Waals surface area contributed by atoms with E-state index in [1.807, 2.05) is 36.4 Å². The molecule has 1 unspecified atom stereocenters. The fraction of sp³-hybridized carbons (Fsp3) is 0.250. The van der Waals surface area contributed by atoms with Crippen molar-refractivity contribution in [2.75, 3.05) is 0 Å². The summed E-state index contributed by atoms with van der Waals surface area (Å²) in [4.78, 5) is 10.8. The standard InChI is InChI=1S/C14H12F3NO3.C6H6/c15-14(16,17)9-2-1-8-5-6-18(10(8)7-9)12-4-3-11(21-12)13(19)20;1-2-4-6-5-3-1/h3-6,9H,1-2,7H2,(H,19,20);1-6H. The largest absolute Gasteiger partial charge is 0.475 e. The Bertz CT molecular complexity index is 870. The van der Waals surface area contributed by atoms with E-state index in [9.17, 15) is 18.0 Å². The second kappa shape index (κ2) is 7.73. The monoisotopic (exact) mass is 377 g/mol. The van der Waals surface area contributed by atoms with E-state index in [-0.39, 0.29) is 24.5 Å². The van der Waals surface area contributed by atoms with Gasteiger partial charge in [-0.1, -0.05) is 36.4 Å². The highest BCUT2D eigenvalue weighted by molar-refractivity contribution is 5.84. The number of carbonyl (C=O) groups is 1. The molecule has 4 nitrogen and oxygen atoms in total. The van der Waals surface area contributed by atoms with E-state index in [1.165, 1.54) is 16.7 Å². The highest BCUT2D eigenvalue weighted by Gasteiger charge is 2.42. The lowest BCUT2D eigenvalue weighted by Gasteiger charge is -2.25. The number of hydrogen-bond acceptors (Lipinski definition) is 2. The summed E-state index contributed by atoms with van der Waals surface area (Å²) in [6, 6.07) is 16.5. The quantitative estimate of drug-likeness (QED) is 0.674. The van der Waals surface area contributed by atoms with Crippen LogP contribution in [0.4, 0.5) is 13.2 Å². The first-order valence-corrected chi connectivity index (χ1v) is 8.45. The van der Waals surface area contributed by atoms with Gasteiger partial charge in [-0.3, -0.25) is 4.57 Å². The number of aryl methyl sites for hydroxylation is 1. The van der Waals surface area contributed by atoms with Gasteiger partial charge in [0, 0.05) is 18.0 Å². The highest BCUT2D eigenvalue weighted by Crippen LogP contribution is 2.38. The molecule has 7 heteroatoms. The van der Waals surface area contributed by atoms with Crippen LogP contribution in [0.3, 0.4) is 0 Å². The molecule has 3 aromatic rings. The van der Waals surface area contributed by atoms with Crippen molar-refractivity contribution in [3.8, 4) is 5.88 Å². The van der Waals surface area contributed by atoms with Gasteiger partial charge in [0.15, 0.2) is 0 Å². The molecule has 1 aromatic carbocycles. The summed E-state index contributed by atoms with van der Waals surface area (Å²) in [5, 5.41) is 8.83. The normalized spacial score (nSPS) is 16.2. The van der Waals surface area contributed by atoms with Crippen LogP contribution in [0.1, 0.15) is 28.2 Å². The first kappa shape index (κ1) is 18.8. The van der Waals surface area contributed by atoms with E-state index in [1.54, 1.807) is 12.3 Å². The first-order chi connectivity index (χ1) is 12.9. The maximum Gasteiger partial charge on any atom is 0.392 e. The summed E-state index contributed by atoms with van der Waals surface area (Å²) in [7, 11) is 0. The van der Waals surface area contributed by atoms with Gasteiger partial charge in [0.1, 0.15) is 0 Å². The number of carboxylic acid groups (broad SMARTS) is 1. The number of aromatic nitrogens is 1. The average Bonchev–Trinajstić information content (AvgIpc) is 3.29. The van der Waals surface area contributed by atoms with E-state index >= 15 is 0 Å². The number of rotatable bonds is 2. The van der Waals surface area contributed by atoms with Crippen LogP contribution in [0.25, 0.3) is 5.88 Å². The van der Waals surface area contributed by atoms with Gasteiger partial charge in [0.25, 0.3) is 0 Å². The summed E-state index contributed by atoms with van der Waals surface area (Å²) in [6.45, 7) is 0. The van der Waals surface area contributed by atoms with Crippen LogP contribution in [0.5, 0.6) is 0 Å². The minimum absolute atomic E-state index is 0.0824. The van der Waals surface area contributed by atoms with E-state index in [0.29, 0.717) is 12.1 Å². The van der Waals surface area contributed by atoms with Gasteiger partial charge in [-0.05, 0) is 37.0 Å². The summed E-state index contributed by atoms with van der Waals surface area (Å²) in [5.41, 5.74) is 1.39. The Balaban J connectivity index is 0.000000299. The van der Waals surface area contributed by atoms with Gasteiger partial charge in [0.2, 0.25) is 11.6 Å². The molecule has 0 saturated carbocycles. The van der Waals surface area contributed by atoms with Crippen molar-refractivity contribution in [2.24, 2.45) is 5.92 Å². The van der Waals surface area contributed by atoms with Crippen LogP contribution in [0.15, 0.2) is 65.2 Å². The summed E-state index contributed by atoms with van der Waals surface area (Å²) in [6.07, 6.45) is -2.27. The number of benzene rings is 1. The Morgan fingerprint density at radius 1 is 1.07 bits per heavy atom. The fourth-order valence-electron chi connectivity index (χ4n) is 3.07. The molecule has 2 aromatic heterocycles. The molecular formula is C20H18F3NO3. The van der Waals surface area contributed by atoms with Crippen LogP contribution in [0.2, 0.25) is 0 Å². The number of nitrogens with zero attached hydrogens (tertiary/aromatic N) is 1. The van der Waals surface area contributed by atoms with Crippen molar-refractivity contribution >= 4 is 5.97 Å². The van der Waals surface area contributed by atoms with Gasteiger partial charge >= 0.3 is 12.1 Å². The van der Waals surface area contributed by atoms with Crippen LogP contribution in [-0.2, 0) is 12.8 Å². The van der Waals surface area contributed by atoms with Crippen LogP contribution in [0, 0.1) is 5.92 Å². The first-order valence-electron chi connectivity index (χ1n) is 8.45. The lowest BCUT2D eigenvalue weighted by Crippen LogP contribution is -2.29.